The number of rotatable bonds is 7. The number of aryl methyl sites for hydroxylation is 6. The van der Waals surface area contributed by atoms with Crippen molar-refractivity contribution in [3.05, 3.63) is 105 Å². The molecule has 47 heavy (non-hydrogen) atoms. The second-order valence-corrected chi connectivity index (χ2v) is 13.5. The number of anilines is 1. The van der Waals surface area contributed by atoms with E-state index in [-0.39, 0.29) is 11.9 Å². The van der Waals surface area contributed by atoms with Crippen LogP contribution in [0, 0.1) is 27.7 Å². The number of ether oxygens (including phenoxy) is 1. The van der Waals surface area contributed by atoms with Gasteiger partial charge in [-0.3, -0.25) is 4.79 Å². The molecule has 0 N–H and O–H groups in total. The van der Waals surface area contributed by atoms with Crippen molar-refractivity contribution in [3.63, 3.8) is 0 Å². The van der Waals surface area contributed by atoms with Crippen LogP contribution in [0.2, 0.25) is 10.0 Å². The maximum Gasteiger partial charge on any atom is 0.275 e. The molecule has 7 nitrogen and oxygen atoms in total. The molecule has 0 unspecified atom stereocenters. The van der Waals surface area contributed by atoms with Gasteiger partial charge in [-0.05, 0) is 88.4 Å². The molecule has 240 valence electrons. The van der Waals surface area contributed by atoms with E-state index < -0.39 is 0 Å². The Morgan fingerprint density at radius 3 is 2.36 bits per heavy atom. The van der Waals surface area contributed by atoms with Crippen LogP contribution in [-0.4, -0.2) is 38.2 Å². The Labute approximate surface area is 284 Å². The van der Waals surface area contributed by atoms with Crippen molar-refractivity contribution in [2.75, 3.05) is 18.1 Å². The zero-order valence-corrected chi connectivity index (χ0v) is 29.0. The van der Waals surface area contributed by atoms with E-state index in [4.69, 9.17) is 27.9 Å². The third kappa shape index (κ3) is 5.17. The molecule has 1 atom stereocenters. The Kier molecular flexibility index (Phi) is 8.01. The normalized spacial score (nSPS) is 14.8. The third-order valence-corrected chi connectivity index (χ3v) is 10.4. The van der Waals surface area contributed by atoms with Gasteiger partial charge in [0, 0.05) is 69.7 Å². The number of aromatic nitrogens is 4. The van der Waals surface area contributed by atoms with Crippen LogP contribution < -0.4 is 9.64 Å². The maximum absolute atomic E-state index is 14.8. The fourth-order valence-electron chi connectivity index (χ4n) is 7.29. The van der Waals surface area contributed by atoms with Gasteiger partial charge in [0.25, 0.3) is 5.91 Å². The van der Waals surface area contributed by atoms with Crippen LogP contribution in [-0.2, 0) is 13.5 Å². The second kappa shape index (κ2) is 12.0. The topological polar surface area (TPSA) is 65.2 Å². The second-order valence-electron chi connectivity index (χ2n) is 12.7. The molecule has 0 bridgehead atoms. The molecule has 9 heteroatoms. The van der Waals surface area contributed by atoms with Crippen LogP contribution in [0.3, 0.4) is 0 Å². The van der Waals surface area contributed by atoms with Gasteiger partial charge in [-0.25, -0.2) is 9.97 Å². The average Bonchev–Trinajstić information content (AvgIpc) is 3.56. The minimum Gasteiger partial charge on any atom is -0.494 e. The van der Waals surface area contributed by atoms with Gasteiger partial charge in [0.05, 0.1) is 22.8 Å². The lowest BCUT2D eigenvalue weighted by Crippen LogP contribution is -2.42. The molecular weight excluding hydrogens is 629 g/mol. The van der Waals surface area contributed by atoms with Crippen molar-refractivity contribution < 1.29 is 9.53 Å². The van der Waals surface area contributed by atoms with E-state index in [0.717, 1.165) is 77.5 Å². The third-order valence-electron chi connectivity index (χ3n) is 9.45. The zero-order valence-electron chi connectivity index (χ0n) is 27.5. The summed E-state index contributed by atoms with van der Waals surface area (Å²) in [6.07, 6.45) is 5.01. The van der Waals surface area contributed by atoms with E-state index in [1.54, 1.807) is 6.33 Å². The lowest BCUT2D eigenvalue weighted by Gasteiger charge is -2.34. The molecule has 3 aromatic heterocycles. The lowest BCUT2D eigenvalue weighted by atomic mass is 9.97. The number of amides is 1. The summed E-state index contributed by atoms with van der Waals surface area (Å²) in [5, 5.41) is 3.44. The molecule has 0 fully saturated rings. The molecular formula is C38H37Cl2N5O2. The number of carbonyl (C=O) groups excluding carboxylic acids is 1. The van der Waals surface area contributed by atoms with Crippen molar-refractivity contribution in [2.24, 2.45) is 7.05 Å². The Hall–Kier alpha value is -4.33. The van der Waals surface area contributed by atoms with Crippen molar-refractivity contribution in [2.45, 2.75) is 53.5 Å². The molecule has 0 saturated carbocycles. The van der Waals surface area contributed by atoms with Gasteiger partial charge in [0.1, 0.15) is 17.8 Å². The fraction of sp³-hybridized carbons (Fsp3) is 0.289. The molecule has 7 rings (SSSR count). The highest BCUT2D eigenvalue weighted by molar-refractivity contribution is 6.35. The van der Waals surface area contributed by atoms with E-state index in [0.29, 0.717) is 36.7 Å². The van der Waals surface area contributed by atoms with Gasteiger partial charge >= 0.3 is 0 Å². The number of para-hydroxylation sites is 1. The van der Waals surface area contributed by atoms with Gasteiger partial charge in [0.2, 0.25) is 0 Å². The van der Waals surface area contributed by atoms with Crippen LogP contribution in [0.15, 0.2) is 61.1 Å². The summed E-state index contributed by atoms with van der Waals surface area (Å²) in [4.78, 5) is 25.8. The van der Waals surface area contributed by atoms with Gasteiger partial charge in [-0.1, -0.05) is 47.5 Å². The largest absolute Gasteiger partial charge is 0.494 e. The summed E-state index contributed by atoms with van der Waals surface area (Å²) >= 11 is 13.4. The van der Waals surface area contributed by atoms with Crippen LogP contribution in [0.25, 0.3) is 32.9 Å². The summed E-state index contributed by atoms with van der Waals surface area (Å²) in [5.74, 6) is 0.777. The SMILES string of the molecule is Cc1cc(OCCCc2c3n(c4c(-c5c(C)ncnc5C)c(Cl)ccc24)[C@H](C)CN(c2cn(C)c4ccccc24)C3=O)cc(C)c1Cl. The predicted octanol–water partition coefficient (Wildman–Crippen LogP) is 9.36. The Bertz CT molecular complexity index is 2170. The smallest absolute Gasteiger partial charge is 0.275 e. The van der Waals surface area contributed by atoms with Crippen molar-refractivity contribution in [3.8, 4) is 16.9 Å². The number of fused-ring (bicyclic) bond motifs is 4. The first-order chi connectivity index (χ1) is 22.6. The Morgan fingerprint density at radius 2 is 1.64 bits per heavy atom. The molecule has 0 aliphatic carbocycles. The summed E-state index contributed by atoms with van der Waals surface area (Å²) in [5.41, 5.74) is 10.1. The highest BCUT2D eigenvalue weighted by Crippen LogP contribution is 2.45. The molecule has 0 spiro atoms. The first kappa shape index (κ1) is 31.3. The van der Waals surface area contributed by atoms with E-state index in [1.165, 1.54) is 0 Å². The van der Waals surface area contributed by atoms with Crippen LogP contribution in [0.5, 0.6) is 5.75 Å². The van der Waals surface area contributed by atoms with Gasteiger partial charge < -0.3 is 18.8 Å². The molecule has 3 aromatic carbocycles. The van der Waals surface area contributed by atoms with Gasteiger partial charge in [0.15, 0.2) is 0 Å². The van der Waals surface area contributed by atoms with Crippen LogP contribution in [0.4, 0.5) is 5.69 Å². The summed E-state index contributed by atoms with van der Waals surface area (Å²) in [7, 11) is 2.02. The first-order valence-electron chi connectivity index (χ1n) is 16.0. The monoisotopic (exact) mass is 665 g/mol. The highest BCUT2D eigenvalue weighted by Gasteiger charge is 2.37. The number of carbonyl (C=O) groups is 1. The Balaban J connectivity index is 1.37. The minimum absolute atomic E-state index is 0.0182. The van der Waals surface area contributed by atoms with Crippen molar-refractivity contribution in [1.29, 1.82) is 0 Å². The molecule has 1 aliphatic rings. The van der Waals surface area contributed by atoms with E-state index in [9.17, 15) is 4.79 Å². The van der Waals surface area contributed by atoms with Crippen LogP contribution >= 0.6 is 23.2 Å². The zero-order chi connectivity index (χ0) is 33.1. The minimum atomic E-state index is -0.0309. The quantitative estimate of drug-likeness (QED) is 0.159. The van der Waals surface area contributed by atoms with Gasteiger partial charge in [-0.2, -0.15) is 0 Å². The summed E-state index contributed by atoms with van der Waals surface area (Å²) in [6, 6.07) is 16.1. The number of halogens is 2. The van der Waals surface area contributed by atoms with E-state index in [1.807, 2.05) is 70.0 Å². The van der Waals surface area contributed by atoms with Gasteiger partial charge in [-0.15, -0.1) is 0 Å². The molecule has 1 amide bonds. The van der Waals surface area contributed by atoms with E-state index in [2.05, 4.69) is 50.4 Å². The number of hydrogen-bond donors (Lipinski definition) is 0. The fourth-order valence-corrected chi connectivity index (χ4v) is 7.65. The summed E-state index contributed by atoms with van der Waals surface area (Å²) < 4.78 is 10.5. The molecule has 1 aliphatic heterocycles. The van der Waals surface area contributed by atoms with Crippen molar-refractivity contribution in [1.82, 2.24) is 19.1 Å². The Morgan fingerprint density at radius 1 is 0.936 bits per heavy atom. The molecule has 0 saturated heterocycles. The maximum atomic E-state index is 14.8. The number of nitrogens with zero attached hydrogens (tertiary/aromatic N) is 5. The van der Waals surface area contributed by atoms with E-state index >= 15 is 0 Å². The molecule has 4 heterocycles. The standard InChI is InChI=1S/C38H37Cl2N5O2/c1-21-16-26(17-22(2)35(21)40)47-15-9-11-27-28-13-14-30(39)34(33-24(4)41-20-42-25(33)5)36(28)45-23(3)18-44(38(46)37(27)45)32-19-43(6)31-12-8-7-10-29(31)32/h7-8,10,12-14,16-17,19-20,23H,9,11,15,18H2,1-6H3/t23-/m1/s1. The molecule has 0 radical (unpaired) electrons. The lowest BCUT2D eigenvalue weighted by molar-refractivity contribution is 0.0957. The first-order valence-corrected chi connectivity index (χ1v) is 16.7. The van der Waals surface area contributed by atoms with Crippen LogP contribution in [0.1, 0.15) is 58.0 Å². The molecule has 6 aromatic rings. The average molecular weight is 667 g/mol. The van der Waals surface area contributed by atoms with Crippen molar-refractivity contribution >= 4 is 56.6 Å². The predicted molar refractivity (Wildman–Crippen MR) is 191 cm³/mol. The number of hydrogen-bond acceptors (Lipinski definition) is 4. The summed E-state index contributed by atoms with van der Waals surface area (Å²) in [6.45, 7) is 11.1. The highest BCUT2D eigenvalue weighted by atomic mass is 35.5. The number of benzene rings is 3.